The number of ether oxygens (including phenoxy) is 1. The molecule has 0 spiro atoms. The van der Waals surface area contributed by atoms with Crippen molar-refractivity contribution in [3.05, 3.63) is 0 Å². The van der Waals surface area contributed by atoms with E-state index in [1.807, 2.05) is 0 Å². The summed E-state index contributed by atoms with van der Waals surface area (Å²) in [7, 11) is 0. The number of carbonyl (C=O) groups is 2. The highest BCUT2D eigenvalue weighted by Crippen LogP contribution is 2.20. The van der Waals surface area contributed by atoms with Gasteiger partial charge in [0.25, 0.3) is 0 Å². The minimum atomic E-state index is -2.65. The van der Waals surface area contributed by atoms with E-state index in [4.69, 9.17) is 10.2 Å². The molecular formula is C22H42O8. The van der Waals surface area contributed by atoms with Gasteiger partial charge in [-0.2, -0.15) is 0 Å². The van der Waals surface area contributed by atoms with E-state index in [0.717, 1.165) is 19.3 Å². The Morgan fingerprint density at radius 1 is 0.800 bits per heavy atom. The van der Waals surface area contributed by atoms with Crippen LogP contribution in [0.15, 0.2) is 0 Å². The fraction of sp³-hybridized carbons (Fsp3) is 0.909. The molecule has 3 unspecified atom stereocenters. The molecule has 3 atom stereocenters. The number of rotatable bonds is 19. The maximum absolute atomic E-state index is 11.9. The summed E-state index contributed by atoms with van der Waals surface area (Å²) in [6, 6.07) is 0. The van der Waals surface area contributed by atoms with E-state index in [2.05, 4.69) is 11.7 Å². The van der Waals surface area contributed by atoms with E-state index in [-0.39, 0.29) is 6.42 Å². The van der Waals surface area contributed by atoms with Gasteiger partial charge in [-0.05, 0) is 6.42 Å². The van der Waals surface area contributed by atoms with E-state index >= 15 is 0 Å². The van der Waals surface area contributed by atoms with Crippen molar-refractivity contribution < 1.29 is 39.9 Å². The van der Waals surface area contributed by atoms with Crippen LogP contribution in [0, 0.1) is 0 Å². The van der Waals surface area contributed by atoms with E-state index in [9.17, 15) is 24.9 Å². The summed E-state index contributed by atoms with van der Waals surface area (Å²) < 4.78 is 4.24. The summed E-state index contributed by atoms with van der Waals surface area (Å²) in [4.78, 5) is 23.2. The lowest BCUT2D eigenvalue weighted by atomic mass is 9.93. The fourth-order valence-corrected chi connectivity index (χ4v) is 3.22. The molecule has 0 aromatic rings. The first kappa shape index (κ1) is 28.9. The summed E-state index contributed by atoms with van der Waals surface area (Å²) in [5, 5.41) is 47.3. The van der Waals surface area contributed by atoms with Crippen LogP contribution >= 0.6 is 0 Å². The second-order valence-corrected chi connectivity index (χ2v) is 8.04. The highest BCUT2D eigenvalue weighted by Gasteiger charge is 2.45. The Hall–Kier alpha value is -1.06. The van der Waals surface area contributed by atoms with Crippen LogP contribution in [0.25, 0.3) is 0 Å². The van der Waals surface area contributed by atoms with Gasteiger partial charge in [0.2, 0.25) is 5.60 Å². The van der Waals surface area contributed by atoms with Gasteiger partial charge in [-0.15, -0.1) is 0 Å². The van der Waals surface area contributed by atoms with Gasteiger partial charge in [-0.3, -0.25) is 0 Å². The van der Waals surface area contributed by atoms with Crippen molar-refractivity contribution in [1.29, 1.82) is 0 Å². The Morgan fingerprint density at radius 2 is 1.23 bits per heavy atom. The second kappa shape index (κ2) is 17.6. The minimum absolute atomic E-state index is 0.0562. The van der Waals surface area contributed by atoms with Crippen molar-refractivity contribution in [1.82, 2.24) is 0 Å². The SMILES string of the molecule is CCCCCCCCCCCCCCCC(O)C(O)(CO)C(=O)OC(=O)C(O)CO. The minimum Gasteiger partial charge on any atom is -0.393 e. The van der Waals surface area contributed by atoms with Crippen LogP contribution in [0.5, 0.6) is 0 Å². The highest BCUT2D eigenvalue weighted by molar-refractivity contribution is 5.92. The van der Waals surface area contributed by atoms with Crippen molar-refractivity contribution >= 4 is 11.9 Å². The summed E-state index contributed by atoms with van der Waals surface area (Å²) in [5.41, 5.74) is -2.65. The summed E-state index contributed by atoms with van der Waals surface area (Å²) in [5.74, 6) is -3.01. The van der Waals surface area contributed by atoms with Gasteiger partial charge in [0.05, 0.1) is 19.3 Å². The third-order valence-electron chi connectivity index (χ3n) is 5.37. The largest absolute Gasteiger partial charge is 0.393 e. The number of aliphatic hydroxyl groups excluding tert-OH is 4. The normalized spacial score (nSPS) is 15.4. The van der Waals surface area contributed by atoms with Crippen LogP contribution in [0.2, 0.25) is 0 Å². The molecule has 0 aliphatic heterocycles. The first-order valence-corrected chi connectivity index (χ1v) is 11.4. The summed E-state index contributed by atoms with van der Waals surface area (Å²) in [6.45, 7) is 0.135. The summed E-state index contributed by atoms with van der Waals surface area (Å²) in [6.07, 6.45) is 11.5. The summed E-state index contributed by atoms with van der Waals surface area (Å²) >= 11 is 0. The predicted octanol–water partition coefficient (Wildman–Crippen LogP) is 1.98. The molecule has 0 bridgehead atoms. The Bertz CT molecular complexity index is 456. The molecule has 0 rings (SSSR count). The number of esters is 2. The van der Waals surface area contributed by atoms with Crippen LogP contribution in [0.3, 0.4) is 0 Å². The fourth-order valence-electron chi connectivity index (χ4n) is 3.22. The van der Waals surface area contributed by atoms with Crippen LogP contribution < -0.4 is 0 Å². The van der Waals surface area contributed by atoms with Crippen molar-refractivity contribution in [2.75, 3.05) is 13.2 Å². The lowest BCUT2D eigenvalue weighted by molar-refractivity contribution is -0.193. The smallest absolute Gasteiger partial charge is 0.351 e. The standard InChI is InChI=1S/C22H42O8/c1-2-3-4-5-6-7-8-9-10-11-12-13-14-15-19(26)22(29,17-24)21(28)30-20(27)18(25)16-23/h18-19,23-26,29H,2-17H2,1H3. The third-order valence-corrected chi connectivity index (χ3v) is 5.37. The molecule has 0 aliphatic rings. The number of aliphatic hydroxyl groups is 5. The zero-order chi connectivity index (χ0) is 22.8. The maximum atomic E-state index is 11.9. The Morgan fingerprint density at radius 3 is 1.63 bits per heavy atom. The van der Waals surface area contributed by atoms with Crippen molar-refractivity contribution in [3.63, 3.8) is 0 Å². The Kier molecular flexibility index (Phi) is 17.0. The van der Waals surface area contributed by atoms with E-state index in [1.165, 1.54) is 57.8 Å². The lowest BCUT2D eigenvalue weighted by Gasteiger charge is -2.28. The number of hydrogen-bond acceptors (Lipinski definition) is 8. The quantitative estimate of drug-likeness (QED) is 0.118. The van der Waals surface area contributed by atoms with Gasteiger partial charge in [-0.1, -0.05) is 90.4 Å². The van der Waals surface area contributed by atoms with Crippen LogP contribution in [-0.4, -0.2) is 68.5 Å². The highest BCUT2D eigenvalue weighted by atomic mass is 16.6. The average molecular weight is 435 g/mol. The molecule has 8 nitrogen and oxygen atoms in total. The molecule has 8 heteroatoms. The molecule has 0 aromatic carbocycles. The average Bonchev–Trinajstić information content (AvgIpc) is 2.75. The van der Waals surface area contributed by atoms with Gasteiger partial charge < -0.3 is 30.3 Å². The second-order valence-electron chi connectivity index (χ2n) is 8.04. The number of hydrogen-bond donors (Lipinski definition) is 5. The van der Waals surface area contributed by atoms with Crippen LogP contribution in [0.4, 0.5) is 0 Å². The maximum Gasteiger partial charge on any atom is 0.351 e. The van der Waals surface area contributed by atoms with Crippen LogP contribution in [-0.2, 0) is 14.3 Å². The third kappa shape index (κ3) is 12.0. The van der Waals surface area contributed by atoms with E-state index in [0.29, 0.717) is 6.42 Å². The molecule has 0 radical (unpaired) electrons. The van der Waals surface area contributed by atoms with Gasteiger partial charge in [0.1, 0.15) is 0 Å². The molecule has 0 aromatic heterocycles. The zero-order valence-corrected chi connectivity index (χ0v) is 18.4. The van der Waals surface area contributed by atoms with Gasteiger partial charge in [0.15, 0.2) is 6.10 Å². The first-order chi connectivity index (χ1) is 14.3. The molecule has 30 heavy (non-hydrogen) atoms. The number of unbranched alkanes of at least 4 members (excludes halogenated alkanes) is 12. The van der Waals surface area contributed by atoms with Crippen molar-refractivity contribution in [3.8, 4) is 0 Å². The molecule has 0 aliphatic carbocycles. The lowest BCUT2D eigenvalue weighted by Crippen LogP contribution is -2.54. The molecule has 0 heterocycles. The molecule has 178 valence electrons. The molecule has 0 amide bonds. The molecular weight excluding hydrogens is 392 g/mol. The predicted molar refractivity (Wildman–Crippen MR) is 113 cm³/mol. The van der Waals surface area contributed by atoms with E-state index < -0.39 is 43.0 Å². The van der Waals surface area contributed by atoms with E-state index in [1.54, 1.807) is 0 Å². The molecule has 0 saturated carbocycles. The van der Waals surface area contributed by atoms with Crippen LogP contribution in [0.1, 0.15) is 96.8 Å². The molecule has 5 N–H and O–H groups in total. The van der Waals surface area contributed by atoms with Crippen molar-refractivity contribution in [2.45, 2.75) is 115 Å². The topological polar surface area (TPSA) is 145 Å². The zero-order valence-electron chi connectivity index (χ0n) is 18.4. The van der Waals surface area contributed by atoms with Gasteiger partial charge in [-0.25, -0.2) is 9.59 Å². The molecule has 0 fully saturated rings. The monoisotopic (exact) mass is 434 g/mol. The Balaban J connectivity index is 3.93. The first-order valence-electron chi connectivity index (χ1n) is 11.4. The van der Waals surface area contributed by atoms with Gasteiger partial charge in [0, 0.05) is 0 Å². The van der Waals surface area contributed by atoms with Gasteiger partial charge >= 0.3 is 11.9 Å². The Labute approximate surface area is 180 Å². The van der Waals surface area contributed by atoms with Crippen molar-refractivity contribution in [2.24, 2.45) is 0 Å². The number of carbonyl (C=O) groups excluding carboxylic acids is 2. The molecule has 0 saturated heterocycles.